The van der Waals surface area contributed by atoms with Gasteiger partial charge in [0.15, 0.2) is 11.5 Å². The van der Waals surface area contributed by atoms with Gasteiger partial charge in [-0.1, -0.05) is 24.3 Å². The quantitative estimate of drug-likeness (QED) is 0.588. The standard InChI is InChI=1S/C20H19F3N2O2S/c1-26-16-9-5-7-14(19(16)27-2)17-11-25-18(28-17)12-24-10-13-6-3-4-8-15(13)20(21,22)23/h3-9,11,24H,10,12H2,1-2H3. The average molecular weight is 408 g/mol. The van der Waals surface area contributed by atoms with E-state index in [-0.39, 0.29) is 12.1 Å². The van der Waals surface area contributed by atoms with E-state index in [1.807, 2.05) is 18.2 Å². The summed E-state index contributed by atoms with van der Waals surface area (Å²) in [6.07, 6.45) is -2.64. The predicted octanol–water partition coefficient (Wildman–Crippen LogP) is 5.14. The molecule has 1 aromatic heterocycles. The highest BCUT2D eigenvalue weighted by Crippen LogP contribution is 2.40. The van der Waals surface area contributed by atoms with E-state index >= 15 is 0 Å². The zero-order valence-electron chi connectivity index (χ0n) is 15.3. The molecule has 28 heavy (non-hydrogen) atoms. The normalized spacial score (nSPS) is 11.5. The van der Waals surface area contributed by atoms with Gasteiger partial charge in [-0.05, 0) is 23.8 Å². The molecule has 0 aliphatic heterocycles. The van der Waals surface area contributed by atoms with Gasteiger partial charge in [0.05, 0.1) is 24.7 Å². The Hall–Kier alpha value is -2.58. The van der Waals surface area contributed by atoms with Crippen LogP contribution in [0.25, 0.3) is 10.4 Å². The number of benzene rings is 2. The van der Waals surface area contributed by atoms with Crippen LogP contribution in [0.1, 0.15) is 16.1 Å². The van der Waals surface area contributed by atoms with Crippen LogP contribution in [-0.4, -0.2) is 19.2 Å². The topological polar surface area (TPSA) is 43.4 Å². The van der Waals surface area contributed by atoms with Gasteiger partial charge in [-0.3, -0.25) is 0 Å². The van der Waals surface area contributed by atoms with Gasteiger partial charge in [-0.2, -0.15) is 13.2 Å². The molecule has 148 valence electrons. The minimum Gasteiger partial charge on any atom is -0.493 e. The van der Waals surface area contributed by atoms with E-state index in [4.69, 9.17) is 9.47 Å². The monoisotopic (exact) mass is 408 g/mol. The first kappa shape index (κ1) is 20.2. The van der Waals surface area contributed by atoms with E-state index in [0.717, 1.165) is 21.5 Å². The van der Waals surface area contributed by atoms with Crippen molar-refractivity contribution in [1.29, 1.82) is 0 Å². The first-order valence-corrected chi connectivity index (χ1v) is 9.27. The molecule has 0 spiro atoms. The second-order valence-electron chi connectivity index (χ2n) is 5.92. The molecule has 4 nitrogen and oxygen atoms in total. The number of alkyl halides is 3. The second-order valence-corrected chi connectivity index (χ2v) is 7.03. The third kappa shape index (κ3) is 4.45. The summed E-state index contributed by atoms with van der Waals surface area (Å²) in [5.74, 6) is 1.24. The van der Waals surface area contributed by atoms with Crippen LogP contribution in [0, 0.1) is 0 Å². The molecular weight excluding hydrogens is 389 g/mol. The van der Waals surface area contributed by atoms with Gasteiger partial charge >= 0.3 is 6.18 Å². The summed E-state index contributed by atoms with van der Waals surface area (Å²) in [6, 6.07) is 11.1. The van der Waals surface area contributed by atoms with Crippen molar-refractivity contribution in [2.45, 2.75) is 19.3 Å². The number of thiazole rings is 1. The lowest BCUT2D eigenvalue weighted by molar-refractivity contribution is -0.138. The molecule has 1 N–H and O–H groups in total. The fourth-order valence-electron chi connectivity index (χ4n) is 2.85. The van der Waals surface area contributed by atoms with Crippen molar-refractivity contribution in [2.75, 3.05) is 14.2 Å². The maximum atomic E-state index is 13.1. The Morgan fingerprint density at radius 1 is 1.00 bits per heavy atom. The van der Waals surface area contributed by atoms with Crippen LogP contribution in [0.4, 0.5) is 13.2 Å². The molecule has 0 aliphatic rings. The third-order valence-corrected chi connectivity index (χ3v) is 5.17. The smallest absolute Gasteiger partial charge is 0.416 e. The van der Waals surface area contributed by atoms with Crippen LogP contribution < -0.4 is 14.8 Å². The summed E-state index contributed by atoms with van der Waals surface area (Å²) in [4.78, 5) is 5.26. The number of hydrogen-bond acceptors (Lipinski definition) is 5. The fourth-order valence-corrected chi connectivity index (χ4v) is 3.76. The average Bonchev–Trinajstić information content (AvgIpc) is 3.15. The first-order valence-electron chi connectivity index (χ1n) is 8.46. The fraction of sp³-hybridized carbons (Fsp3) is 0.250. The lowest BCUT2D eigenvalue weighted by atomic mass is 10.1. The molecule has 1 heterocycles. The van der Waals surface area contributed by atoms with Crippen LogP contribution in [0.5, 0.6) is 11.5 Å². The predicted molar refractivity (Wildman–Crippen MR) is 103 cm³/mol. The number of ether oxygens (including phenoxy) is 2. The maximum Gasteiger partial charge on any atom is 0.416 e. The number of aromatic nitrogens is 1. The minimum atomic E-state index is -4.37. The van der Waals surface area contributed by atoms with Gasteiger partial charge < -0.3 is 14.8 Å². The third-order valence-electron chi connectivity index (χ3n) is 4.14. The number of nitrogens with zero attached hydrogens (tertiary/aromatic N) is 1. The van der Waals surface area contributed by atoms with E-state index < -0.39 is 11.7 Å². The number of nitrogens with one attached hydrogen (secondary N) is 1. The highest BCUT2D eigenvalue weighted by Gasteiger charge is 2.32. The van der Waals surface area contributed by atoms with Crippen LogP contribution in [0.2, 0.25) is 0 Å². The highest BCUT2D eigenvalue weighted by atomic mass is 32.1. The van der Waals surface area contributed by atoms with Crippen LogP contribution in [0.15, 0.2) is 48.7 Å². The van der Waals surface area contributed by atoms with Crippen LogP contribution in [-0.2, 0) is 19.3 Å². The van der Waals surface area contributed by atoms with Crippen molar-refractivity contribution in [1.82, 2.24) is 10.3 Å². The molecule has 0 radical (unpaired) electrons. The zero-order valence-corrected chi connectivity index (χ0v) is 16.2. The molecule has 8 heteroatoms. The van der Waals surface area contributed by atoms with Gasteiger partial charge in [-0.15, -0.1) is 11.3 Å². The van der Waals surface area contributed by atoms with Crippen molar-refractivity contribution >= 4 is 11.3 Å². The molecule has 0 fully saturated rings. The minimum absolute atomic E-state index is 0.104. The Labute approximate surface area is 165 Å². The van der Waals surface area contributed by atoms with Crippen molar-refractivity contribution in [2.24, 2.45) is 0 Å². The number of rotatable bonds is 7. The molecule has 2 aromatic carbocycles. The Morgan fingerprint density at radius 3 is 2.50 bits per heavy atom. The molecule has 0 aliphatic carbocycles. The molecule has 0 atom stereocenters. The number of halogens is 3. The van der Waals surface area contributed by atoms with Crippen molar-refractivity contribution in [3.63, 3.8) is 0 Å². The SMILES string of the molecule is COc1cccc(-c2cnc(CNCc3ccccc3C(F)(F)F)s2)c1OC. The van der Waals surface area contributed by atoms with E-state index in [0.29, 0.717) is 18.0 Å². The second kappa shape index (κ2) is 8.62. The Morgan fingerprint density at radius 2 is 1.79 bits per heavy atom. The van der Waals surface area contributed by atoms with E-state index in [2.05, 4.69) is 10.3 Å². The number of methoxy groups -OCH3 is 2. The Balaban J connectivity index is 1.70. The summed E-state index contributed by atoms with van der Waals surface area (Å²) >= 11 is 1.45. The Bertz CT molecular complexity index is 941. The summed E-state index contributed by atoms with van der Waals surface area (Å²) in [5, 5.41) is 3.81. The Kier molecular flexibility index (Phi) is 6.21. The first-order chi connectivity index (χ1) is 13.4. The van der Waals surface area contributed by atoms with E-state index in [9.17, 15) is 13.2 Å². The highest BCUT2D eigenvalue weighted by molar-refractivity contribution is 7.15. The molecule has 0 amide bonds. The van der Waals surface area contributed by atoms with Crippen LogP contribution >= 0.6 is 11.3 Å². The number of para-hydroxylation sites is 1. The lowest BCUT2D eigenvalue weighted by Gasteiger charge is -2.12. The largest absolute Gasteiger partial charge is 0.493 e. The van der Waals surface area contributed by atoms with Crippen LogP contribution in [0.3, 0.4) is 0 Å². The van der Waals surface area contributed by atoms with Gasteiger partial charge in [0, 0.05) is 24.8 Å². The van der Waals surface area contributed by atoms with Crippen molar-refractivity contribution in [3.05, 3.63) is 64.8 Å². The lowest BCUT2D eigenvalue weighted by Crippen LogP contribution is -2.17. The van der Waals surface area contributed by atoms with Gasteiger partial charge in [0.2, 0.25) is 0 Å². The van der Waals surface area contributed by atoms with Crippen molar-refractivity contribution in [3.8, 4) is 21.9 Å². The molecule has 0 saturated heterocycles. The molecule has 3 aromatic rings. The summed E-state index contributed by atoms with van der Waals surface area (Å²) in [5.41, 5.74) is 0.442. The summed E-state index contributed by atoms with van der Waals surface area (Å²) < 4.78 is 49.9. The molecule has 0 saturated carbocycles. The van der Waals surface area contributed by atoms with Gasteiger partial charge in [0.25, 0.3) is 0 Å². The molecule has 3 rings (SSSR count). The molecule has 0 bridgehead atoms. The molecular formula is C20H19F3N2O2S. The van der Waals surface area contributed by atoms with E-state index in [1.165, 1.54) is 23.5 Å². The maximum absolute atomic E-state index is 13.1. The van der Waals surface area contributed by atoms with E-state index in [1.54, 1.807) is 26.5 Å². The van der Waals surface area contributed by atoms with Gasteiger partial charge in [-0.25, -0.2) is 4.98 Å². The summed E-state index contributed by atoms with van der Waals surface area (Å²) in [6.45, 7) is 0.468. The van der Waals surface area contributed by atoms with Crippen molar-refractivity contribution < 1.29 is 22.6 Å². The molecule has 0 unspecified atom stereocenters. The summed E-state index contributed by atoms with van der Waals surface area (Å²) in [7, 11) is 3.14. The zero-order chi connectivity index (χ0) is 20.1. The number of hydrogen-bond donors (Lipinski definition) is 1. The van der Waals surface area contributed by atoms with Gasteiger partial charge in [0.1, 0.15) is 5.01 Å².